The normalized spacial score (nSPS) is 11.7. The van der Waals surface area contributed by atoms with Crippen molar-refractivity contribution in [2.24, 2.45) is 5.73 Å². The molecule has 72 valence electrons. The molecule has 2 N–H and O–H groups in total. The van der Waals surface area contributed by atoms with Crippen molar-refractivity contribution >= 4 is 15.9 Å². The van der Waals surface area contributed by atoms with Gasteiger partial charge >= 0.3 is 0 Å². The molecule has 5 heteroatoms. The molecule has 0 aliphatic rings. The molecule has 0 aliphatic carbocycles. The number of nitrogens with two attached hydrogens (primary N) is 1. The Morgan fingerprint density at radius 1 is 1.54 bits per heavy atom. The summed E-state index contributed by atoms with van der Waals surface area (Å²) in [6.45, 7) is -0.0473. The van der Waals surface area contributed by atoms with Gasteiger partial charge in [-0.2, -0.15) is 0 Å². The van der Waals surface area contributed by atoms with Gasteiger partial charge in [0.15, 0.2) is 0 Å². The van der Waals surface area contributed by atoms with E-state index in [2.05, 4.69) is 20.9 Å². The van der Waals surface area contributed by atoms with Crippen molar-refractivity contribution in [1.29, 1.82) is 0 Å². The van der Waals surface area contributed by atoms with Crippen molar-refractivity contribution in [1.82, 2.24) is 4.98 Å². The second-order valence-corrected chi connectivity index (χ2v) is 3.34. The Labute approximate surface area is 83.3 Å². The van der Waals surface area contributed by atoms with Gasteiger partial charge in [0.05, 0.1) is 5.56 Å². The maximum Gasteiger partial charge on any atom is 0.277 e. The molecule has 0 aliphatic heterocycles. The molecule has 0 saturated heterocycles. The van der Waals surface area contributed by atoms with Crippen LogP contribution in [-0.4, -0.2) is 11.5 Å². The average Bonchev–Trinajstić information content (AvgIpc) is 2.04. The topological polar surface area (TPSA) is 38.9 Å². The SMILES string of the molecule is NCCC(F)(F)c1cccnc1Br. The average molecular weight is 251 g/mol. The summed E-state index contributed by atoms with van der Waals surface area (Å²) in [5.74, 6) is -2.90. The molecular formula is C8H9BrF2N2. The van der Waals surface area contributed by atoms with Gasteiger partial charge in [-0.05, 0) is 34.6 Å². The monoisotopic (exact) mass is 250 g/mol. The Hall–Kier alpha value is -0.550. The second kappa shape index (κ2) is 4.11. The molecule has 0 unspecified atom stereocenters. The predicted octanol–water partition coefficient (Wildman–Crippen LogP) is 2.28. The first-order valence-electron chi connectivity index (χ1n) is 3.77. The van der Waals surface area contributed by atoms with Gasteiger partial charge in [-0.15, -0.1) is 0 Å². The van der Waals surface area contributed by atoms with E-state index in [1.807, 2.05) is 0 Å². The Kier molecular flexibility index (Phi) is 3.33. The first kappa shape index (κ1) is 10.5. The Morgan fingerprint density at radius 2 is 2.23 bits per heavy atom. The van der Waals surface area contributed by atoms with E-state index in [9.17, 15) is 8.78 Å². The van der Waals surface area contributed by atoms with Crippen molar-refractivity contribution in [2.75, 3.05) is 6.54 Å². The Balaban J connectivity index is 2.99. The number of nitrogens with zero attached hydrogens (tertiary/aromatic N) is 1. The highest BCUT2D eigenvalue weighted by Gasteiger charge is 2.32. The molecule has 0 spiro atoms. The molecule has 1 aromatic heterocycles. The summed E-state index contributed by atoms with van der Waals surface area (Å²) in [5, 5.41) is 0. The maximum absolute atomic E-state index is 13.3. The first-order valence-corrected chi connectivity index (χ1v) is 4.56. The minimum Gasteiger partial charge on any atom is -0.330 e. The third-order valence-corrected chi connectivity index (χ3v) is 2.24. The molecule has 0 fully saturated rings. The second-order valence-electron chi connectivity index (χ2n) is 2.58. The number of aromatic nitrogens is 1. The van der Waals surface area contributed by atoms with E-state index in [1.54, 1.807) is 0 Å². The Bertz CT molecular complexity index is 291. The van der Waals surface area contributed by atoms with E-state index in [4.69, 9.17) is 5.73 Å². The van der Waals surface area contributed by atoms with Crippen LogP contribution in [0.2, 0.25) is 0 Å². The van der Waals surface area contributed by atoms with E-state index < -0.39 is 5.92 Å². The van der Waals surface area contributed by atoms with Crippen LogP contribution in [0.5, 0.6) is 0 Å². The van der Waals surface area contributed by atoms with Crippen molar-refractivity contribution < 1.29 is 8.78 Å². The zero-order valence-corrected chi connectivity index (χ0v) is 8.39. The molecule has 0 atom stereocenters. The van der Waals surface area contributed by atoms with Crippen molar-refractivity contribution in [2.45, 2.75) is 12.3 Å². The molecule has 1 rings (SSSR count). The van der Waals surface area contributed by atoms with E-state index in [0.29, 0.717) is 0 Å². The fourth-order valence-corrected chi connectivity index (χ4v) is 1.52. The van der Waals surface area contributed by atoms with Gasteiger partial charge in [-0.3, -0.25) is 0 Å². The number of hydrogen-bond acceptors (Lipinski definition) is 2. The molecule has 0 radical (unpaired) electrons. The molecule has 0 saturated carbocycles. The molecule has 1 heterocycles. The van der Waals surface area contributed by atoms with E-state index in [-0.39, 0.29) is 23.1 Å². The Morgan fingerprint density at radius 3 is 2.77 bits per heavy atom. The summed E-state index contributed by atoms with van der Waals surface area (Å²) >= 11 is 2.97. The number of alkyl halides is 2. The highest BCUT2D eigenvalue weighted by molar-refractivity contribution is 9.10. The van der Waals surface area contributed by atoms with Crippen LogP contribution < -0.4 is 5.73 Å². The lowest BCUT2D eigenvalue weighted by atomic mass is 10.1. The van der Waals surface area contributed by atoms with Crippen LogP contribution in [0, 0.1) is 0 Å². The fraction of sp³-hybridized carbons (Fsp3) is 0.375. The minimum absolute atomic E-state index is 0.0473. The fourth-order valence-electron chi connectivity index (χ4n) is 0.975. The van der Waals surface area contributed by atoms with Crippen molar-refractivity contribution in [3.63, 3.8) is 0 Å². The third-order valence-electron chi connectivity index (χ3n) is 1.61. The van der Waals surface area contributed by atoms with E-state index in [1.165, 1.54) is 18.3 Å². The lowest BCUT2D eigenvalue weighted by Gasteiger charge is -2.16. The van der Waals surface area contributed by atoms with Crippen LogP contribution in [0.1, 0.15) is 12.0 Å². The van der Waals surface area contributed by atoms with Crippen molar-refractivity contribution in [3.8, 4) is 0 Å². The molecule has 0 aromatic carbocycles. The number of hydrogen-bond donors (Lipinski definition) is 1. The lowest BCUT2D eigenvalue weighted by Crippen LogP contribution is -2.19. The standard InChI is InChI=1S/C8H9BrF2N2/c9-7-6(2-1-5-13-7)8(10,11)3-4-12/h1-2,5H,3-4,12H2. The zero-order valence-electron chi connectivity index (χ0n) is 6.80. The summed E-state index contributed by atoms with van der Waals surface area (Å²) < 4.78 is 26.7. The molecule has 0 bridgehead atoms. The van der Waals surface area contributed by atoms with Crippen LogP contribution in [0.3, 0.4) is 0 Å². The quantitative estimate of drug-likeness (QED) is 0.837. The van der Waals surface area contributed by atoms with Crippen LogP contribution in [0.15, 0.2) is 22.9 Å². The van der Waals surface area contributed by atoms with Crippen LogP contribution in [0.4, 0.5) is 8.78 Å². The smallest absolute Gasteiger partial charge is 0.277 e. The van der Waals surface area contributed by atoms with Crippen molar-refractivity contribution in [3.05, 3.63) is 28.5 Å². The van der Waals surface area contributed by atoms with Gasteiger partial charge in [-0.1, -0.05) is 0 Å². The largest absolute Gasteiger partial charge is 0.330 e. The molecular weight excluding hydrogens is 242 g/mol. The van der Waals surface area contributed by atoms with Gasteiger partial charge < -0.3 is 5.73 Å². The molecule has 1 aromatic rings. The number of pyridine rings is 1. The predicted molar refractivity (Wildman–Crippen MR) is 49.5 cm³/mol. The van der Waals surface area contributed by atoms with Gasteiger partial charge in [-0.25, -0.2) is 13.8 Å². The number of rotatable bonds is 3. The summed E-state index contributed by atoms with van der Waals surface area (Å²) in [4.78, 5) is 3.72. The summed E-state index contributed by atoms with van der Waals surface area (Å²) in [6.07, 6.45) is 1.09. The van der Waals surface area contributed by atoms with Gasteiger partial charge in [0, 0.05) is 12.6 Å². The molecule has 0 amide bonds. The summed E-state index contributed by atoms with van der Waals surface area (Å²) in [5.41, 5.74) is 4.98. The first-order chi connectivity index (χ1) is 6.08. The number of halogens is 3. The highest BCUT2D eigenvalue weighted by atomic mass is 79.9. The summed E-state index contributed by atoms with van der Waals surface area (Å²) in [6, 6.07) is 2.82. The van der Waals surface area contributed by atoms with Gasteiger partial charge in [0.1, 0.15) is 4.60 Å². The van der Waals surface area contributed by atoms with Gasteiger partial charge in [0.2, 0.25) is 0 Å². The third kappa shape index (κ3) is 2.45. The minimum atomic E-state index is -2.90. The van der Waals surface area contributed by atoms with Crippen LogP contribution in [0.25, 0.3) is 0 Å². The zero-order chi connectivity index (χ0) is 9.90. The van der Waals surface area contributed by atoms with Gasteiger partial charge in [0.25, 0.3) is 5.92 Å². The lowest BCUT2D eigenvalue weighted by molar-refractivity contribution is -0.0118. The maximum atomic E-state index is 13.3. The van der Waals surface area contributed by atoms with E-state index >= 15 is 0 Å². The van der Waals surface area contributed by atoms with Crippen LogP contribution >= 0.6 is 15.9 Å². The molecule has 13 heavy (non-hydrogen) atoms. The van der Waals surface area contributed by atoms with Crippen LogP contribution in [-0.2, 0) is 5.92 Å². The molecule has 2 nitrogen and oxygen atoms in total. The van der Waals surface area contributed by atoms with E-state index in [0.717, 1.165) is 0 Å². The summed E-state index contributed by atoms with van der Waals surface area (Å²) in [7, 11) is 0. The highest BCUT2D eigenvalue weighted by Crippen LogP contribution is 2.34.